The number of amides is 2. The van der Waals surface area contributed by atoms with Gasteiger partial charge in [-0.05, 0) is 96.1 Å². The summed E-state index contributed by atoms with van der Waals surface area (Å²) in [6, 6.07) is 24.7. The number of pyridine rings is 2. The van der Waals surface area contributed by atoms with E-state index >= 15 is 0 Å². The predicted molar refractivity (Wildman–Crippen MR) is 224 cm³/mol. The maximum Gasteiger partial charge on any atom is 0.278 e. The number of benzene rings is 2. The summed E-state index contributed by atoms with van der Waals surface area (Å²) < 4.78 is 16.6. The van der Waals surface area contributed by atoms with Crippen LogP contribution in [0.25, 0.3) is 21.9 Å². The van der Waals surface area contributed by atoms with Gasteiger partial charge in [-0.15, -0.1) is 20.4 Å². The summed E-state index contributed by atoms with van der Waals surface area (Å²) in [4.78, 5) is 30.6. The molecule has 0 aliphatic heterocycles. The standard InChI is InChI=1S/C20H16ClN5O3.C12H7Cl2N3O.C8H10N2O2/c1-22-19(27)16-10-12(6-8-23-16)11-29-20-17-15(7-9-28-17)18(25-26-20)24-14-4-2-13(21)3-5-14;13-7-1-3-8(4-2-7)15-12-9-5-6-18-10(9)11(14)16-17-12;1-9-8(12)7-4-6(5-11)2-3-10-7/h2-10H,11H2,1H3,(H,22,27)(H,24,25);1-6H,(H,15,17);2-4,11H,5H2,1H3,(H,9,12). The van der Waals surface area contributed by atoms with Crippen LogP contribution in [-0.2, 0) is 13.2 Å². The van der Waals surface area contributed by atoms with Gasteiger partial charge in [-0.2, -0.15) is 0 Å². The lowest BCUT2D eigenvalue weighted by Crippen LogP contribution is -2.19. The van der Waals surface area contributed by atoms with Crippen molar-refractivity contribution in [2.45, 2.75) is 13.2 Å². The van der Waals surface area contributed by atoms with E-state index in [2.05, 4.69) is 51.6 Å². The fourth-order valence-electron chi connectivity index (χ4n) is 5.12. The molecule has 2 aromatic carbocycles. The van der Waals surface area contributed by atoms with Crippen LogP contribution in [0.2, 0.25) is 15.2 Å². The molecule has 0 saturated carbocycles. The maximum absolute atomic E-state index is 11.7. The van der Waals surface area contributed by atoms with Crippen LogP contribution >= 0.6 is 34.8 Å². The highest BCUT2D eigenvalue weighted by molar-refractivity contribution is 6.33. The average Bonchev–Trinajstić information content (AvgIpc) is 3.99. The molecule has 0 radical (unpaired) electrons. The number of nitrogens with one attached hydrogen (secondary N) is 4. The summed E-state index contributed by atoms with van der Waals surface area (Å²) in [5, 5.41) is 39.3. The van der Waals surface area contributed by atoms with Gasteiger partial charge in [-0.1, -0.05) is 34.8 Å². The molecular formula is C40H33Cl3N10O6. The molecule has 59 heavy (non-hydrogen) atoms. The van der Waals surface area contributed by atoms with Gasteiger partial charge < -0.3 is 39.9 Å². The van der Waals surface area contributed by atoms with Crippen molar-refractivity contribution in [1.29, 1.82) is 0 Å². The number of ether oxygens (including phenoxy) is 1. The number of halogens is 3. The van der Waals surface area contributed by atoms with Gasteiger partial charge >= 0.3 is 0 Å². The largest absolute Gasteiger partial charge is 0.469 e. The second-order valence-corrected chi connectivity index (χ2v) is 13.2. The van der Waals surface area contributed by atoms with Crippen molar-refractivity contribution in [1.82, 2.24) is 41.0 Å². The maximum atomic E-state index is 11.7. The molecule has 16 nitrogen and oxygen atoms in total. The van der Waals surface area contributed by atoms with Gasteiger partial charge in [0.05, 0.1) is 29.9 Å². The Hall–Kier alpha value is -6.85. The summed E-state index contributed by atoms with van der Waals surface area (Å²) in [5.41, 5.74) is 4.75. The summed E-state index contributed by atoms with van der Waals surface area (Å²) in [7, 11) is 3.09. The first kappa shape index (κ1) is 41.8. The Bertz CT molecular complexity index is 2680. The number of furan rings is 2. The van der Waals surface area contributed by atoms with Gasteiger partial charge in [0.15, 0.2) is 22.4 Å². The van der Waals surface area contributed by atoms with Crippen molar-refractivity contribution in [2.24, 2.45) is 0 Å². The molecule has 2 amide bonds. The number of anilines is 4. The third kappa shape index (κ3) is 11.0. The predicted octanol–water partition coefficient (Wildman–Crippen LogP) is 8.16. The molecule has 8 aromatic rings. The number of aliphatic hydroxyl groups excluding tert-OH is 1. The van der Waals surface area contributed by atoms with Gasteiger partial charge in [0.25, 0.3) is 17.7 Å². The third-order valence-corrected chi connectivity index (χ3v) is 8.79. The van der Waals surface area contributed by atoms with Gasteiger partial charge in [0.2, 0.25) is 5.58 Å². The minimum atomic E-state index is -0.266. The van der Waals surface area contributed by atoms with E-state index in [0.717, 1.165) is 27.7 Å². The lowest BCUT2D eigenvalue weighted by Gasteiger charge is -2.09. The van der Waals surface area contributed by atoms with E-state index in [1.807, 2.05) is 24.3 Å². The quantitative estimate of drug-likeness (QED) is 0.0878. The molecule has 19 heteroatoms. The van der Waals surface area contributed by atoms with Crippen LogP contribution in [0.1, 0.15) is 32.1 Å². The molecule has 6 heterocycles. The van der Waals surface area contributed by atoms with Crippen LogP contribution in [0.3, 0.4) is 0 Å². The molecule has 8 rings (SSSR count). The smallest absolute Gasteiger partial charge is 0.278 e. The van der Waals surface area contributed by atoms with Gasteiger partial charge in [0.1, 0.15) is 18.0 Å². The molecule has 300 valence electrons. The fraction of sp³-hybridized carbons (Fsp3) is 0.100. The first-order valence-corrected chi connectivity index (χ1v) is 18.5. The van der Waals surface area contributed by atoms with E-state index in [1.54, 1.807) is 86.4 Å². The van der Waals surface area contributed by atoms with Crippen LogP contribution in [-0.4, -0.2) is 61.4 Å². The number of nitrogens with zero attached hydrogens (tertiary/aromatic N) is 6. The summed E-state index contributed by atoms with van der Waals surface area (Å²) in [5.74, 6) is 0.868. The van der Waals surface area contributed by atoms with Gasteiger partial charge in [0, 0.05) is 47.9 Å². The number of hydrogen-bond donors (Lipinski definition) is 5. The molecule has 0 aliphatic rings. The highest BCUT2D eigenvalue weighted by Gasteiger charge is 2.15. The van der Waals surface area contributed by atoms with E-state index in [0.29, 0.717) is 49.8 Å². The van der Waals surface area contributed by atoms with Crippen molar-refractivity contribution >= 4 is 91.6 Å². The monoisotopic (exact) mass is 854 g/mol. The Balaban J connectivity index is 0.000000165. The summed E-state index contributed by atoms with van der Waals surface area (Å²) >= 11 is 17.6. The SMILES string of the molecule is CNC(=O)c1cc(CO)ccn1.CNC(=O)c1cc(COc2nnc(Nc3ccc(Cl)cc3)c3ccoc23)ccn1.Clc1ccc(Nc2nnc(Cl)c3occc23)cc1. The average molecular weight is 856 g/mol. The number of carbonyl (C=O) groups is 2. The molecule has 0 fully saturated rings. The van der Waals surface area contributed by atoms with Crippen LogP contribution in [0.5, 0.6) is 5.88 Å². The van der Waals surface area contributed by atoms with E-state index < -0.39 is 0 Å². The van der Waals surface area contributed by atoms with Crippen molar-refractivity contribution < 1.29 is 28.3 Å². The second-order valence-electron chi connectivity index (χ2n) is 12.0. The topological polar surface area (TPSA) is 215 Å². The number of rotatable bonds is 10. The van der Waals surface area contributed by atoms with Crippen LogP contribution in [0, 0.1) is 0 Å². The summed E-state index contributed by atoms with van der Waals surface area (Å²) in [6.07, 6.45) is 6.14. The number of hydrogen-bond acceptors (Lipinski definition) is 14. The van der Waals surface area contributed by atoms with Crippen LogP contribution in [0.4, 0.5) is 23.0 Å². The van der Waals surface area contributed by atoms with Crippen molar-refractivity contribution in [2.75, 3.05) is 24.7 Å². The molecule has 0 bridgehead atoms. The zero-order valence-electron chi connectivity index (χ0n) is 31.1. The van der Waals surface area contributed by atoms with Crippen LogP contribution in [0.15, 0.2) is 119 Å². The zero-order chi connectivity index (χ0) is 41.7. The first-order chi connectivity index (χ1) is 28.6. The van der Waals surface area contributed by atoms with E-state index in [9.17, 15) is 9.59 Å². The minimum Gasteiger partial charge on any atom is -0.469 e. The second kappa shape index (κ2) is 20.0. The normalized spacial score (nSPS) is 10.5. The minimum absolute atomic E-state index is 0.0769. The Morgan fingerprint density at radius 3 is 1.68 bits per heavy atom. The molecule has 0 atom stereocenters. The Morgan fingerprint density at radius 2 is 1.14 bits per heavy atom. The molecule has 0 unspecified atom stereocenters. The lowest BCUT2D eigenvalue weighted by atomic mass is 10.2. The van der Waals surface area contributed by atoms with E-state index in [-0.39, 0.29) is 36.1 Å². The van der Waals surface area contributed by atoms with Crippen molar-refractivity contribution in [3.05, 3.63) is 148 Å². The fourth-order valence-corrected chi connectivity index (χ4v) is 5.55. The van der Waals surface area contributed by atoms with E-state index in [4.69, 9.17) is 53.5 Å². The number of carbonyl (C=O) groups excluding carboxylic acids is 2. The Morgan fingerprint density at radius 1 is 0.644 bits per heavy atom. The number of aliphatic hydroxyl groups is 1. The molecule has 5 N–H and O–H groups in total. The van der Waals surface area contributed by atoms with Gasteiger partial charge in [-0.3, -0.25) is 19.6 Å². The number of fused-ring (bicyclic) bond motifs is 2. The molecule has 0 spiro atoms. The number of aromatic nitrogens is 6. The molecule has 0 saturated heterocycles. The molecule has 0 aliphatic carbocycles. The third-order valence-electron chi connectivity index (χ3n) is 8.04. The first-order valence-electron chi connectivity index (χ1n) is 17.4. The summed E-state index contributed by atoms with van der Waals surface area (Å²) in [6.45, 7) is 0.105. The van der Waals surface area contributed by atoms with Crippen LogP contribution < -0.4 is 26.0 Å². The van der Waals surface area contributed by atoms with Crippen molar-refractivity contribution in [3.63, 3.8) is 0 Å². The zero-order valence-corrected chi connectivity index (χ0v) is 33.4. The lowest BCUT2D eigenvalue weighted by molar-refractivity contribution is 0.0950. The highest BCUT2D eigenvalue weighted by Crippen LogP contribution is 2.32. The Kier molecular flexibility index (Phi) is 14.2. The Labute approximate surface area is 350 Å². The van der Waals surface area contributed by atoms with E-state index in [1.165, 1.54) is 13.2 Å². The highest BCUT2D eigenvalue weighted by atomic mass is 35.5. The molecule has 6 aromatic heterocycles. The van der Waals surface area contributed by atoms with Crippen molar-refractivity contribution in [3.8, 4) is 5.88 Å². The molecular weight excluding hydrogens is 823 g/mol. The van der Waals surface area contributed by atoms with Gasteiger partial charge in [-0.25, -0.2) is 0 Å².